The second kappa shape index (κ2) is 3.99. The van der Waals surface area contributed by atoms with Crippen LogP contribution in [0.5, 0.6) is 0 Å². The summed E-state index contributed by atoms with van der Waals surface area (Å²) in [6.45, 7) is 4.05. The van der Waals surface area contributed by atoms with E-state index in [2.05, 4.69) is 34.0 Å². The number of rotatable bonds is 2. The van der Waals surface area contributed by atoms with Gasteiger partial charge in [-0.2, -0.15) is 0 Å². The van der Waals surface area contributed by atoms with Crippen LogP contribution in [-0.4, -0.2) is 15.0 Å². The minimum Gasteiger partial charge on any atom is -0.360 e. The number of fused-ring (bicyclic) bond motifs is 1. The van der Waals surface area contributed by atoms with Gasteiger partial charge < -0.3 is 15.7 Å². The molecule has 0 aliphatic heterocycles. The third-order valence-electron chi connectivity index (χ3n) is 3.26. The van der Waals surface area contributed by atoms with E-state index in [0.717, 1.165) is 22.6 Å². The van der Waals surface area contributed by atoms with Gasteiger partial charge in [-0.05, 0) is 25.5 Å². The zero-order valence-corrected chi connectivity index (χ0v) is 10.5. The molecular weight excluding hydrogens is 224 g/mol. The van der Waals surface area contributed by atoms with Gasteiger partial charge in [0, 0.05) is 28.7 Å². The smallest absolute Gasteiger partial charge is 0.139 e. The molecule has 3 aromatic rings. The van der Waals surface area contributed by atoms with Gasteiger partial charge >= 0.3 is 0 Å². The highest BCUT2D eigenvalue weighted by Crippen LogP contribution is 2.29. The van der Waals surface area contributed by atoms with Crippen LogP contribution < -0.4 is 5.73 Å². The average molecular weight is 240 g/mol. The van der Waals surface area contributed by atoms with Crippen LogP contribution in [0.3, 0.4) is 0 Å². The quantitative estimate of drug-likeness (QED) is 0.644. The number of hydrogen-bond donors (Lipinski definition) is 3. The van der Waals surface area contributed by atoms with Crippen molar-refractivity contribution in [1.82, 2.24) is 15.0 Å². The Morgan fingerprint density at radius 3 is 2.89 bits per heavy atom. The molecule has 92 valence electrons. The Bertz CT molecular complexity index is 691. The number of H-pyrrole nitrogens is 2. The lowest BCUT2D eigenvalue weighted by atomic mass is 10.1. The molecule has 2 aromatic heterocycles. The first-order valence-corrected chi connectivity index (χ1v) is 6.04. The molecule has 3 rings (SSSR count). The summed E-state index contributed by atoms with van der Waals surface area (Å²) in [6, 6.07) is 6.20. The summed E-state index contributed by atoms with van der Waals surface area (Å²) in [5.41, 5.74) is 10.3. The Morgan fingerprint density at radius 2 is 2.17 bits per heavy atom. The monoisotopic (exact) mass is 240 g/mol. The highest BCUT2D eigenvalue weighted by molar-refractivity contribution is 5.96. The zero-order valence-electron chi connectivity index (χ0n) is 10.5. The minimum absolute atomic E-state index is 0.0300. The number of nitrogens with one attached hydrogen (secondary N) is 2. The Morgan fingerprint density at radius 1 is 1.33 bits per heavy atom. The molecule has 4 heteroatoms. The third kappa shape index (κ3) is 1.62. The van der Waals surface area contributed by atoms with E-state index in [1.807, 2.05) is 19.2 Å². The van der Waals surface area contributed by atoms with Crippen LogP contribution in [0.4, 0.5) is 0 Å². The maximum absolute atomic E-state index is 5.84. The van der Waals surface area contributed by atoms with Crippen molar-refractivity contribution in [3.63, 3.8) is 0 Å². The lowest BCUT2D eigenvalue weighted by Crippen LogP contribution is -2.04. The highest BCUT2D eigenvalue weighted by atomic mass is 14.9. The molecule has 0 amide bonds. The Kier molecular flexibility index (Phi) is 2.45. The van der Waals surface area contributed by atoms with Gasteiger partial charge in [-0.3, -0.25) is 0 Å². The van der Waals surface area contributed by atoms with E-state index >= 15 is 0 Å². The molecular formula is C14H16N4. The van der Waals surface area contributed by atoms with Gasteiger partial charge in [0.2, 0.25) is 0 Å². The fraction of sp³-hybridized carbons (Fsp3) is 0.214. The number of aryl methyl sites for hydroxylation is 1. The van der Waals surface area contributed by atoms with E-state index < -0.39 is 0 Å². The molecule has 0 fully saturated rings. The van der Waals surface area contributed by atoms with Crippen LogP contribution in [0.25, 0.3) is 22.3 Å². The van der Waals surface area contributed by atoms with Crippen LogP contribution in [0.15, 0.2) is 30.6 Å². The molecule has 0 aliphatic carbocycles. The summed E-state index contributed by atoms with van der Waals surface area (Å²) < 4.78 is 0. The Balaban J connectivity index is 2.19. The van der Waals surface area contributed by atoms with Crippen molar-refractivity contribution in [3.8, 4) is 11.4 Å². The number of nitrogens with two attached hydrogens (primary N) is 1. The van der Waals surface area contributed by atoms with E-state index in [-0.39, 0.29) is 6.04 Å². The first kappa shape index (κ1) is 11.0. The number of hydrogen-bond acceptors (Lipinski definition) is 2. The molecule has 0 spiro atoms. The van der Waals surface area contributed by atoms with Crippen molar-refractivity contribution in [2.45, 2.75) is 19.9 Å². The van der Waals surface area contributed by atoms with Crippen LogP contribution in [-0.2, 0) is 0 Å². The molecule has 4 N–H and O–H groups in total. The summed E-state index contributed by atoms with van der Waals surface area (Å²) in [5.74, 6) is 0.864. The molecule has 4 nitrogen and oxygen atoms in total. The highest BCUT2D eigenvalue weighted by Gasteiger charge is 2.12. The predicted octanol–water partition coefficient (Wildman–Crippen LogP) is 2.89. The van der Waals surface area contributed by atoms with Crippen LogP contribution in [0.1, 0.15) is 24.2 Å². The van der Waals surface area contributed by atoms with Gasteiger partial charge in [-0.15, -0.1) is 0 Å². The van der Waals surface area contributed by atoms with Crippen molar-refractivity contribution in [2.75, 3.05) is 0 Å². The van der Waals surface area contributed by atoms with Gasteiger partial charge in [0.15, 0.2) is 0 Å². The summed E-state index contributed by atoms with van der Waals surface area (Å²) in [6.07, 6.45) is 3.79. The molecule has 1 atom stereocenters. The summed E-state index contributed by atoms with van der Waals surface area (Å²) in [5, 5.41) is 1.21. The molecule has 0 saturated carbocycles. The predicted molar refractivity (Wildman–Crippen MR) is 73.2 cm³/mol. The first-order valence-electron chi connectivity index (χ1n) is 6.04. The van der Waals surface area contributed by atoms with Gasteiger partial charge in [0.25, 0.3) is 0 Å². The van der Waals surface area contributed by atoms with E-state index in [4.69, 9.17) is 5.73 Å². The number of nitrogens with zero attached hydrogens (tertiary/aromatic N) is 1. The number of aromatic nitrogens is 3. The third-order valence-corrected chi connectivity index (χ3v) is 3.26. The van der Waals surface area contributed by atoms with Gasteiger partial charge in [0.05, 0.1) is 11.9 Å². The SMILES string of the molecule is Cc1cccc2[nH]cc(-c3ncc(C(C)N)[nH]3)c12. The maximum Gasteiger partial charge on any atom is 0.139 e. The Hall–Kier alpha value is -2.07. The molecule has 2 heterocycles. The zero-order chi connectivity index (χ0) is 12.7. The summed E-state index contributed by atoms with van der Waals surface area (Å²) in [7, 11) is 0. The fourth-order valence-corrected chi connectivity index (χ4v) is 2.26. The van der Waals surface area contributed by atoms with Crippen molar-refractivity contribution >= 4 is 10.9 Å². The van der Waals surface area contributed by atoms with E-state index in [1.165, 1.54) is 10.9 Å². The van der Waals surface area contributed by atoms with Crippen molar-refractivity contribution in [1.29, 1.82) is 0 Å². The molecule has 18 heavy (non-hydrogen) atoms. The van der Waals surface area contributed by atoms with Crippen LogP contribution >= 0.6 is 0 Å². The minimum atomic E-state index is -0.0300. The standard InChI is InChI=1S/C14H16N4/c1-8-4-3-5-11-13(8)10(6-16-11)14-17-7-12(18-14)9(2)15/h3-7,9,16H,15H2,1-2H3,(H,17,18). The lowest BCUT2D eigenvalue weighted by Gasteiger charge is -2.01. The molecule has 0 radical (unpaired) electrons. The van der Waals surface area contributed by atoms with Gasteiger partial charge in [-0.25, -0.2) is 4.98 Å². The number of aromatic amines is 2. The number of imidazole rings is 1. The second-order valence-electron chi connectivity index (χ2n) is 4.68. The first-order chi connectivity index (χ1) is 8.66. The second-order valence-corrected chi connectivity index (χ2v) is 4.68. The summed E-state index contributed by atoms with van der Waals surface area (Å²) in [4.78, 5) is 11.0. The normalized spacial score (nSPS) is 13.1. The van der Waals surface area contributed by atoms with Crippen LogP contribution in [0, 0.1) is 6.92 Å². The molecule has 1 aromatic carbocycles. The lowest BCUT2D eigenvalue weighted by molar-refractivity contribution is 0.789. The summed E-state index contributed by atoms with van der Waals surface area (Å²) >= 11 is 0. The molecule has 0 saturated heterocycles. The van der Waals surface area contributed by atoms with E-state index in [9.17, 15) is 0 Å². The van der Waals surface area contributed by atoms with Gasteiger partial charge in [0.1, 0.15) is 5.82 Å². The van der Waals surface area contributed by atoms with Gasteiger partial charge in [-0.1, -0.05) is 12.1 Å². The topological polar surface area (TPSA) is 70.5 Å². The van der Waals surface area contributed by atoms with Crippen molar-refractivity contribution in [3.05, 3.63) is 41.9 Å². The van der Waals surface area contributed by atoms with E-state index in [0.29, 0.717) is 0 Å². The largest absolute Gasteiger partial charge is 0.360 e. The van der Waals surface area contributed by atoms with Crippen molar-refractivity contribution in [2.24, 2.45) is 5.73 Å². The fourth-order valence-electron chi connectivity index (χ4n) is 2.26. The maximum atomic E-state index is 5.84. The Labute approximate surface area is 105 Å². The van der Waals surface area contributed by atoms with Crippen molar-refractivity contribution < 1.29 is 0 Å². The van der Waals surface area contributed by atoms with Crippen LogP contribution in [0.2, 0.25) is 0 Å². The van der Waals surface area contributed by atoms with E-state index in [1.54, 1.807) is 6.20 Å². The number of benzene rings is 1. The molecule has 0 aliphatic rings. The average Bonchev–Trinajstić information content (AvgIpc) is 2.94. The molecule has 0 bridgehead atoms. The molecule has 1 unspecified atom stereocenters.